The van der Waals surface area contributed by atoms with Crippen molar-refractivity contribution in [3.63, 3.8) is 0 Å². The summed E-state index contributed by atoms with van der Waals surface area (Å²) in [5.41, 5.74) is -0.816. The van der Waals surface area contributed by atoms with Gasteiger partial charge >= 0.3 is 5.69 Å². The van der Waals surface area contributed by atoms with Crippen molar-refractivity contribution in [2.75, 3.05) is 0 Å². The first kappa shape index (κ1) is 18.7. The molecular weight excluding hydrogens is 385 g/mol. The van der Waals surface area contributed by atoms with Crippen molar-refractivity contribution in [2.45, 2.75) is 20.0 Å². The number of rotatable bonds is 4. The maximum Gasteiger partial charge on any atom is 0.337 e. The second-order valence-electron chi connectivity index (χ2n) is 6.43. The van der Waals surface area contributed by atoms with E-state index >= 15 is 0 Å². The molecule has 2 heterocycles. The lowest BCUT2D eigenvalue weighted by Gasteiger charge is -2.12. The summed E-state index contributed by atoms with van der Waals surface area (Å²) in [5.74, 6) is -2.03. The highest BCUT2D eigenvalue weighted by molar-refractivity contribution is 5.72. The van der Waals surface area contributed by atoms with Crippen LogP contribution < -0.4 is 11.2 Å². The third-order valence-corrected chi connectivity index (χ3v) is 4.64. The average Bonchev–Trinajstić information content (AvgIpc) is 3.08. The maximum atomic E-state index is 14.1. The summed E-state index contributed by atoms with van der Waals surface area (Å²) in [5, 5.41) is 0. The molecule has 6 nitrogen and oxygen atoms in total. The molecule has 0 saturated heterocycles. The Kier molecular flexibility index (Phi) is 4.57. The van der Waals surface area contributed by atoms with E-state index in [0.29, 0.717) is 0 Å². The van der Waals surface area contributed by atoms with Gasteiger partial charge in [-0.2, -0.15) is 0 Å². The Morgan fingerprint density at radius 3 is 2.45 bits per heavy atom. The van der Waals surface area contributed by atoms with Crippen LogP contribution in [0.25, 0.3) is 16.9 Å². The number of hydrogen-bond donors (Lipinski definition) is 0. The molecule has 0 atom stereocenters. The molecule has 0 fully saturated rings. The monoisotopic (exact) mass is 400 g/mol. The Morgan fingerprint density at radius 1 is 1.00 bits per heavy atom. The minimum atomic E-state index is -0.763. The molecule has 0 bridgehead atoms. The van der Waals surface area contributed by atoms with Crippen molar-refractivity contribution in [3.8, 4) is 5.69 Å². The molecule has 9 heteroatoms. The van der Waals surface area contributed by atoms with Crippen LogP contribution in [0.1, 0.15) is 12.5 Å². The van der Waals surface area contributed by atoms with Crippen LogP contribution in [-0.2, 0) is 13.1 Å². The lowest BCUT2D eigenvalue weighted by atomic mass is 10.2. The third kappa shape index (κ3) is 3.14. The van der Waals surface area contributed by atoms with E-state index in [0.717, 1.165) is 27.3 Å². The fourth-order valence-corrected chi connectivity index (χ4v) is 3.26. The molecule has 0 spiro atoms. The average molecular weight is 400 g/mol. The Morgan fingerprint density at radius 2 is 1.76 bits per heavy atom. The molecule has 148 valence electrons. The lowest BCUT2D eigenvalue weighted by Crippen LogP contribution is -2.39. The van der Waals surface area contributed by atoms with Crippen molar-refractivity contribution in [1.82, 2.24) is 18.7 Å². The predicted octanol–water partition coefficient (Wildman–Crippen LogP) is 2.83. The van der Waals surface area contributed by atoms with Gasteiger partial charge in [-0.3, -0.25) is 9.36 Å². The predicted molar refractivity (Wildman–Crippen MR) is 101 cm³/mol. The summed E-state index contributed by atoms with van der Waals surface area (Å²) in [6.07, 6.45) is 1.30. The first-order chi connectivity index (χ1) is 13.9. The lowest BCUT2D eigenvalue weighted by molar-refractivity contribution is 0.567. The molecule has 0 radical (unpaired) electrons. The van der Waals surface area contributed by atoms with E-state index in [4.69, 9.17) is 0 Å². The van der Waals surface area contributed by atoms with Gasteiger partial charge in [0, 0.05) is 18.2 Å². The fraction of sp³-hybridized carbons (Fsp3) is 0.150. The van der Waals surface area contributed by atoms with Crippen LogP contribution in [0.4, 0.5) is 13.2 Å². The van der Waals surface area contributed by atoms with E-state index in [-0.39, 0.29) is 35.5 Å². The summed E-state index contributed by atoms with van der Waals surface area (Å²) in [4.78, 5) is 29.9. The molecule has 2 aromatic heterocycles. The Hall–Kier alpha value is -3.62. The Labute approximate surface area is 162 Å². The fourth-order valence-electron chi connectivity index (χ4n) is 3.26. The van der Waals surface area contributed by atoms with Crippen LogP contribution in [0.15, 0.2) is 58.4 Å². The first-order valence-corrected chi connectivity index (χ1v) is 8.81. The van der Waals surface area contributed by atoms with Crippen molar-refractivity contribution in [2.24, 2.45) is 0 Å². The summed E-state index contributed by atoms with van der Waals surface area (Å²) in [6.45, 7) is 1.62. The molecule has 0 N–H and O–H groups in total. The van der Waals surface area contributed by atoms with Crippen LogP contribution >= 0.6 is 0 Å². The molecular formula is C20H15F3N4O2. The zero-order valence-electron chi connectivity index (χ0n) is 15.3. The van der Waals surface area contributed by atoms with Crippen LogP contribution in [0.5, 0.6) is 0 Å². The molecule has 2 aromatic carbocycles. The number of fused-ring (bicyclic) bond motifs is 1. The van der Waals surface area contributed by atoms with E-state index in [1.54, 1.807) is 6.92 Å². The van der Waals surface area contributed by atoms with E-state index in [9.17, 15) is 22.8 Å². The van der Waals surface area contributed by atoms with Gasteiger partial charge in [-0.1, -0.05) is 12.1 Å². The van der Waals surface area contributed by atoms with Crippen molar-refractivity contribution < 1.29 is 13.2 Å². The summed E-state index contributed by atoms with van der Waals surface area (Å²) in [6, 6.07) is 8.49. The second-order valence-corrected chi connectivity index (χ2v) is 6.43. The van der Waals surface area contributed by atoms with Crippen LogP contribution in [0.2, 0.25) is 0 Å². The highest BCUT2D eigenvalue weighted by atomic mass is 19.1. The topological polar surface area (TPSA) is 61.8 Å². The van der Waals surface area contributed by atoms with Gasteiger partial charge in [-0.25, -0.2) is 27.5 Å². The van der Waals surface area contributed by atoms with Crippen LogP contribution in [0.3, 0.4) is 0 Å². The third-order valence-electron chi connectivity index (χ3n) is 4.64. The first-order valence-electron chi connectivity index (χ1n) is 8.81. The molecule has 0 unspecified atom stereocenters. The van der Waals surface area contributed by atoms with E-state index in [2.05, 4.69) is 4.98 Å². The smallest absolute Gasteiger partial charge is 0.320 e. The minimum absolute atomic E-state index is 0.0258. The molecule has 29 heavy (non-hydrogen) atoms. The largest absolute Gasteiger partial charge is 0.337 e. The number of nitrogens with zero attached hydrogens (tertiary/aromatic N) is 4. The maximum absolute atomic E-state index is 14.1. The molecule has 0 saturated carbocycles. The number of aromatic nitrogens is 4. The van der Waals surface area contributed by atoms with Crippen LogP contribution in [-0.4, -0.2) is 18.7 Å². The van der Waals surface area contributed by atoms with Gasteiger partial charge in [-0.05, 0) is 31.2 Å². The second kappa shape index (κ2) is 7.08. The van der Waals surface area contributed by atoms with E-state index in [1.807, 2.05) is 0 Å². The number of benzene rings is 2. The van der Waals surface area contributed by atoms with Gasteiger partial charge in [0.25, 0.3) is 5.56 Å². The zero-order chi connectivity index (χ0) is 20.7. The van der Waals surface area contributed by atoms with E-state index in [1.165, 1.54) is 35.2 Å². The summed E-state index contributed by atoms with van der Waals surface area (Å²) >= 11 is 0. The number of imidazole rings is 1. The Balaban J connectivity index is 1.99. The van der Waals surface area contributed by atoms with Gasteiger partial charge in [-0.15, -0.1) is 0 Å². The highest BCUT2D eigenvalue weighted by Gasteiger charge is 2.19. The van der Waals surface area contributed by atoms with Gasteiger partial charge in [0.1, 0.15) is 17.5 Å². The number of hydrogen-bond acceptors (Lipinski definition) is 3. The molecule has 0 aliphatic heterocycles. The molecule has 0 aliphatic carbocycles. The molecule has 4 aromatic rings. The molecule has 0 amide bonds. The van der Waals surface area contributed by atoms with Gasteiger partial charge < -0.3 is 4.57 Å². The van der Waals surface area contributed by atoms with Crippen molar-refractivity contribution in [1.29, 1.82) is 0 Å². The standard InChI is InChI=1S/C20H15F3N4O2/c1-2-26-19(28)17-18(27(20(26)29)15-5-3-4-13(21)8-15)24-11-25(17)10-12-6-7-14(22)9-16(12)23/h3-9,11H,2,10H2,1H3. The van der Waals surface area contributed by atoms with Gasteiger partial charge in [0.15, 0.2) is 11.2 Å². The quantitative estimate of drug-likeness (QED) is 0.529. The SMILES string of the molecule is CCn1c(=O)c2c(ncn2Cc2ccc(F)cc2F)n(-c2cccc(F)c2)c1=O. The van der Waals surface area contributed by atoms with Gasteiger partial charge in [0.2, 0.25) is 0 Å². The Bertz CT molecular complexity index is 1350. The zero-order valence-corrected chi connectivity index (χ0v) is 15.3. The van der Waals surface area contributed by atoms with Crippen molar-refractivity contribution in [3.05, 3.63) is 92.6 Å². The summed E-state index contributed by atoms with van der Waals surface area (Å²) in [7, 11) is 0. The molecule has 0 aliphatic rings. The highest BCUT2D eigenvalue weighted by Crippen LogP contribution is 2.17. The van der Waals surface area contributed by atoms with Crippen LogP contribution in [0, 0.1) is 17.5 Å². The number of halogens is 3. The van der Waals surface area contributed by atoms with Crippen molar-refractivity contribution >= 4 is 11.2 Å². The normalized spacial score (nSPS) is 11.3. The minimum Gasteiger partial charge on any atom is -0.320 e. The van der Waals surface area contributed by atoms with E-state index < -0.39 is 28.7 Å². The summed E-state index contributed by atoms with van der Waals surface area (Å²) < 4.78 is 44.5. The molecule has 4 rings (SSSR count). The van der Waals surface area contributed by atoms with Gasteiger partial charge in [0.05, 0.1) is 18.6 Å².